The second-order valence-electron chi connectivity index (χ2n) is 7.02. The Kier molecular flexibility index (Phi) is 5.36. The number of hydrogen-bond donors (Lipinski definition) is 1. The van der Waals surface area contributed by atoms with Crippen molar-refractivity contribution in [3.8, 4) is 10.6 Å². The average Bonchev–Trinajstić information content (AvgIpc) is 3.36. The molecular formula is C21H23N3O2S. The van der Waals surface area contributed by atoms with Crippen LogP contribution in [0.3, 0.4) is 0 Å². The zero-order chi connectivity index (χ0) is 18.6. The molecule has 0 spiro atoms. The van der Waals surface area contributed by atoms with Crippen molar-refractivity contribution in [3.63, 3.8) is 0 Å². The van der Waals surface area contributed by atoms with Gasteiger partial charge in [0.15, 0.2) is 11.5 Å². The van der Waals surface area contributed by atoms with Crippen LogP contribution >= 0.6 is 11.3 Å². The normalized spacial score (nSPS) is 17.7. The van der Waals surface area contributed by atoms with E-state index in [4.69, 9.17) is 4.52 Å². The van der Waals surface area contributed by atoms with Crippen LogP contribution in [0, 0.1) is 0 Å². The van der Waals surface area contributed by atoms with Crippen molar-refractivity contribution in [3.05, 3.63) is 59.1 Å². The van der Waals surface area contributed by atoms with Gasteiger partial charge in [0.2, 0.25) is 0 Å². The van der Waals surface area contributed by atoms with E-state index in [0.717, 1.165) is 17.1 Å². The molecule has 1 amide bonds. The number of rotatable bonds is 5. The number of amides is 1. The molecule has 5 nitrogen and oxygen atoms in total. The summed E-state index contributed by atoms with van der Waals surface area (Å²) in [4.78, 5) is 15.9. The van der Waals surface area contributed by atoms with Crippen LogP contribution in [0.15, 0.2) is 52.4 Å². The van der Waals surface area contributed by atoms with E-state index >= 15 is 0 Å². The Balaban J connectivity index is 1.37. The summed E-state index contributed by atoms with van der Waals surface area (Å²) in [5.41, 5.74) is 2.31. The van der Waals surface area contributed by atoms with Crippen molar-refractivity contribution >= 4 is 22.9 Å². The SMILES string of the molecule is CC1CCCCN1Cc1ccc(NC(=O)c2cc(-c3cccs3)on2)cc1. The summed E-state index contributed by atoms with van der Waals surface area (Å²) in [7, 11) is 0. The highest BCUT2D eigenvalue weighted by Crippen LogP contribution is 2.25. The van der Waals surface area contributed by atoms with Gasteiger partial charge in [-0.3, -0.25) is 9.69 Å². The fourth-order valence-corrected chi connectivity index (χ4v) is 4.11. The van der Waals surface area contributed by atoms with Crippen molar-refractivity contribution in [1.82, 2.24) is 10.1 Å². The first-order valence-electron chi connectivity index (χ1n) is 9.34. The number of likely N-dealkylation sites (tertiary alicyclic amines) is 1. The summed E-state index contributed by atoms with van der Waals surface area (Å²) in [6.45, 7) is 4.43. The fraction of sp³-hybridized carbons (Fsp3) is 0.333. The number of thiophene rings is 1. The van der Waals surface area contributed by atoms with Crippen LogP contribution < -0.4 is 5.32 Å². The highest BCUT2D eigenvalue weighted by atomic mass is 32.1. The predicted octanol–water partition coefficient (Wildman–Crippen LogP) is 5.03. The number of piperidine rings is 1. The third kappa shape index (κ3) is 4.28. The number of aromatic nitrogens is 1. The van der Waals surface area contributed by atoms with Crippen molar-refractivity contribution < 1.29 is 9.32 Å². The summed E-state index contributed by atoms with van der Waals surface area (Å²) < 4.78 is 5.28. The summed E-state index contributed by atoms with van der Waals surface area (Å²) in [6.07, 6.45) is 3.89. The molecule has 0 saturated carbocycles. The molecule has 1 atom stereocenters. The minimum absolute atomic E-state index is 0.265. The van der Waals surface area contributed by atoms with E-state index in [2.05, 4.69) is 34.4 Å². The molecule has 1 aromatic carbocycles. The van der Waals surface area contributed by atoms with Gasteiger partial charge in [0.05, 0.1) is 4.88 Å². The molecule has 4 rings (SSSR count). The van der Waals surface area contributed by atoms with Gasteiger partial charge in [-0.25, -0.2) is 0 Å². The number of carbonyl (C=O) groups is 1. The lowest BCUT2D eigenvalue weighted by Gasteiger charge is -2.33. The van der Waals surface area contributed by atoms with E-state index in [1.807, 2.05) is 29.6 Å². The molecule has 0 aliphatic carbocycles. The molecule has 1 unspecified atom stereocenters. The van der Waals surface area contributed by atoms with Crippen LogP contribution in [-0.2, 0) is 6.54 Å². The van der Waals surface area contributed by atoms with Gasteiger partial charge in [-0.15, -0.1) is 11.3 Å². The number of nitrogens with zero attached hydrogens (tertiary/aromatic N) is 2. The molecule has 1 saturated heterocycles. The zero-order valence-corrected chi connectivity index (χ0v) is 16.2. The third-order valence-electron chi connectivity index (χ3n) is 5.04. The lowest BCUT2D eigenvalue weighted by molar-refractivity contribution is 0.101. The van der Waals surface area contributed by atoms with Crippen molar-refractivity contribution in [2.75, 3.05) is 11.9 Å². The highest BCUT2D eigenvalue weighted by molar-refractivity contribution is 7.13. The minimum Gasteiger partial charge on any atom is -0.355 e. The maximum Gasteiger partial charge on any atom is 0.277 e. The quantitative estimate of drug-likeness (QED) is 0.673. The van der Waals surface area contributed by atoms with Crippen LogP contribution in [0.25, 0.3) is 10.6 Å². The molecule has 1 fully saturated rings. The Morgan fingerprint density at radius 3 is 2.89 bits per heavy atom. The predicted molar refractivity (Wildman–Crippen MR) is 108 cm³/mol. The highest BCUT2D eigenvalue weighted by Gasteiger charge is 2.18. The maximum absolute atomic E-state index is 12.4. The summed E-state index contributed by atoms with van der Waals surface area (Å²) in [6, 6.07) is 14.2. The van der Waals surface area contributed by atoms with Crippen LogP contribution in [0.5, 0.6) is 0 Å². The van der Waals surface area contributed by atoms with Crippen molar-refractivity contribution in [2.45, 2.75) is 38.8 Å². The first-order valence-corrected chi connectivity index (χ1v) is 10.2. The first kappa shape index (κ1) is 17.9. The Morgan fingerprint density at radius 1 is 1.30 bits per heavy atom. The first-order chi connectivity index (χ1) is 13.2. The van der Waals surface area contributed by atoms with Gasteiger partial charge in [-0.1, -0.05) is 29.8 Å². The van der Waals surface area contributed by atoms with Crippen molar-refractivity contribution in [1.29, 1.82) is 0 Å². The van der Waals surface area contributed by atoms with Crippen LogP contribution in [0.4, 0.5) is 5.69 Å². The average molecular weight is 382 g/mol. The van der Waals surface area contributed by atoms with E-state index in [1.165, 1.54) is 31.4 Å². The van der Waals surface area contributed by atoms with Crippen molar-refractivity contribution in [2.24, 2.45) is 0 Å². The Labute approximate surface area is 163 Å². The van der Waals surface area contributed by atoms with E-state index < -0.39 is 0 Å². The molecule has 6 heteroatoms. The van der Waals surface area contributed by atoms with E-state index in [1.54, 1.807) is 17.4 Å². The van der Waals surface area contributed by atoms with Gasteiger partial charge in [0.25, 0.3) is 5.91 Å². The monoisotopic (exact) mass is 381 g/mol. The second kappa shape index (κ2) is 8.06. The van der Waals surface area contributed by atoms with Crippen LogP contribution in [0.1, 0.15) is 42.2 Å². The molecule has 1 N–H and O–H groups in total. The molecule has 3 aromatic rings. The van der Waals surface area contributed by atoms with E-state index in [0.29, 0.717) is 11.8 Å². The van der Waals surface area contributed by atoms with Gasteiger partial charge < -0.3 is 9.84 Å². The summed E-state index contributed by atoms with van der Waals surface area (Å²) >= 11 is 1.55. The zero-order valence-electron chi connectivity index (χ0n) is 15.4. The molecule has 1 aliphatic rings. The third-order valence-corrected chi connectivity index (χ3v) is 5.93. The molecule has 0 radical (unpaired) electrons. The standard InChI is InChI=1S/C21H23N3O2S/c1-15-5-2-3-11-24(15)14-16-7-9-17(10-8-16)22-21(25)18-13-19(26-23-18)20-6-4-12-27-20/h4,6-10,12-13,15H,2-3,5,11,14H2,1H3,(H,22,25). The molecule has 0 bridgehead atoms. The van der Waals surface area contributed by atoms with Gasteiger partial charge in [-0.05, 0) is 55.5 Å². The van der Waals surface area contributed by atoms with Gasteiger partial charge >= 0.3 is 0 Å². The van der Waals surface area contributed by atoms with E-state index in [9.17, 15) is 4.79 Å². The van der Waals surface area contributed by atoms with Crippen LogP contribution in [0.2, 0.25) is 0 Å². The largest absolute Gasteiger partial charge is 0.355 e. The lowest BCUT2D eigenvalue weighted by Crippen LogP contribution is -2.36. The number of nitrogens with one attached hydrogen (secondary N) is 1. The van der Waals surface area contributed by atoms with Gasteiger partial charge in [0, 0.05) is 24.3 Å². The number of benzene rings is 1. The molecule has 2 aromatic heterocycles. The van der Waals surface area contributed by atoms with E-state index in [-0.39, 0.29) is 11.6 Å². The number of carbonyl (C=O) groups excluding carboxylic acids is 1. The van der Waals surface area contributed by atoms with Gasteiger partial charge in [-0.2, -0.15) is 0 Å². The summed E-state index contributed by atoms with van der Waals surface area (Å²) in [5, 5.41) is 8.73. The number of hydrogen-bond acceptors (Lipinski definition) is 5. The minimum atomic E-state index is -0.265. The lowest BCUT2D eigenvalue weighted by atomic mass is 10.0. The summed E-state index contributed by atoms with van der Waals surface area (Å²) in [5.74, 6) is 0.347. The number of anilines is 1. The molecule has 140 valence electrons. The maximum atomic E-state index is 12.4. The Hall–Kier alpha value is -2.44. The van der Waals surface area contributed by atoms with Gasteiger partial charge in [0.1, 0.15) is 0 Å². The molecule has 1 aliphatic heterocycles. The molecule has 3 heterocycles. The molecule has 27 heavy (non-hydrogen) atoms. The molecular weight excluding hydrogens is 358 g/mol. The second-order valence-corrected chi connectivity index (χ2v) is 7.97. The van der Waals surface area contributed by atoms with Crippen LogP contribution in [-0.4, -0.2) is 28.6 Å². The smallest absolute Gasteiger partial charge is 0.277 e. The Morgan fingerprint density at radius 2 is 2.15 bits per heavy atom. The topological polar surface area (TPSA) is 58.4 Å². The Bertz CT molecular complexity index is 887. The fourth-order valence-electron chi connectivity index (χ4n) is 3.43.